The highest BCUT2D eigenvalue weighted by molar-refractivity contribution is 5.88. The van der Waals surface area contributed by atoms with Gasteiger partial charge in [-0.1, -0.05) is 0 Å². The van der Waals surface area contributed by atoms with Gasteiger partial charge >= 0.3 is 12.3 Å². The van der Waals surface area contributed by atoms with Crippen molar-refractivity contribution in [2.45, 2.75) is 19.3 Å². The van der Waals surface area contributed by atoms with E-state index in [2.05, 4.69) is 0 Å². The number of hydrogen-bond donors (Lipinski definition) is 1. The summed E-state index contributed by atoms with van der Waals surface area (Å²) < 4.78 is 48.2. The van der Waals surface area contributed by atoms with Gasteiger partial charge in [-0.2, -0.15) is 8.78 Å². The third-order valence-corrected chi connectivity index (χ3v) is 1.88. The van der Waals surface area contributed by atoms with Gasteiger partial charge in [-0.05, 0) is 6.92 Å². The van der Waals surface area contributed by atoms with E-state index in [0.29, 0.717) is 6.54 Å². The summed E-state index contributed by atoms with van der Waals surface area (Å²) in [4.78, 5) is 22.8. The lowest BCUT2D eigenvalue weighted by Gasteiger charge is -2.17. The van der Waals surface area contributed by atoms with Gasteiger partial charge in [-0.15, -0.1) is 0 Å². The number of amides is 2. The molecule has 0 fully saturated rings. The average molecular weight is 244 g/mol. The van der Waals surface area contributed by atoms with Crippen molar-refractivity contribution in [3.8, 4) is 0 Å². The molecule has 0 aliphatic heterocycles. The van der Waals surface area contributed by atoms with Crippen molar-refractivity contribution in [2.75, 3.05) is 20.1 Å². The van der Waals surface area contributed by atoms with Gasteiger partial charge in [-0.3, -0.25) is 9.59 Å². The van der Waals surface area contributed by atoms with Gasteiger partial charge in [0.1, 0.15) is 0 Å². The second-order valence-corrected chi connectivity index (χ2v) is 3.01. The van der Waals surface area contributed by atoms with Crippen LogP contribution in [0, 0.1) is 0 Å². The van der Waals surface area contributed by atoms with Crippen LogP contribution in [0.15, 0.2) is 0 Å². The molecule has 0 aliphatic carbocycles. The molecular formula is C8H12F4N2O2. The molecule has 4 nitrogen and oxygen atoms in total. The summed E-state index contributed by atoms with van der Waals surface area (Å²) in [5, 5.41) is 1.46. The first-order chi connectivity index (χ1) is 7.23. The molecule has 0 heterocycles. The first kappa shape index (κ1) is 14.7. The second-order valence-electron chi connectivity index (χ2n) is 3.01. The summed E-state index contributed by atoms with van der Waals surface area (Å²) in [5.74, 6) is -7.56. The maximum atomic E-state index is 12.4. The summed E-state index contributed by atoms with van der Waals surface area (Å²) in [5.41, 5.74) is 0. The number of likely N-dealkylation sites (N-methyl/N-ethyl adjacent to an activating group) is 1. The highest BCUT2D eigenvalue weighted by Crippen LogP contribution is 2.22. The van der Waals surface area contributed by atoms with Gasteiger partial charge < -0.3 is 10.2 Å². The van der Waals surface area contributed by atoms with Crippen LogP contribution in [0.3, 0.4) is 0 Å². The van der Waals surface area contributed by atoms with Crippen LogP contribution in [-0.2, 0) is 9.59 Å². The fourth-order valence-corrected chi connectivity index (χ4v) is 0.684. The van der Waals surface area contributed by atoms with Crippen molar-refractivity contribution in [3.63, 3.8) is 0 Å². The molecule has 0 bridgehead atoms. The number of carbonyl (C=O) groups excluding carboxylic acids is 2. The number of carbonyl (C=O) groups is 2. The minimum atomic E-state index is -4.77. The summed E-state index contributed by atoms with van der Waals surface area (Å²) in [7, 11) is 1.39. The highest BCUT2D eigenvalue weighted by atomic mass is 19.3. The lowest BCUT2D eigenvalue weighted by atomic mass is 10.3. The van der Waals surface area contributed by atoms with Crippen LogP contribution in [0.5, 0.6) is 0 Å². The Bertz CT molecular complexity index is 271. The van der Waals surface area contributed by atoms with Crippen molar-refractivity contribution in [1.29, 1.82) is 0 Å². The largest absolute Gasteiger partial charge is 0.383 e. The zero-order chi connectivity index (χ0) is 12.9. The molecule has 8 heteroatoms. The van der Waals surface area contributed by atoms with E-state index < -0.39 is 30.7 Å². The standard InChI is InChI=1S/C8H12F4N2O2/c1-3-14(2)5(15)4-13-7(16)8(11,12)6(9)10/h6H,3-4H2,1-2H3,(H,13,16). The Balaban J connectivity index is 4.23. The molecule has 0 rings (SSSR count). The Labute approximate surface area is 89.6 Å². The number of halogens is 4. The predicted octanol–water partition coefficient (Wildman–Crippen LogP) is 0.481. The third kappa shape index (κ3) is 3.67. The number of hydrogen-bond acceptors (Lipinski definition) is 2. The minimum Gasteiger partial charge on any atom is -0.345 e. The van der Waals surface area contributed by atoms with Gasteiger partial charge in [0.25, 0.3) is 5.91 Å². The van der Waals surface area contributed by atoms with Crippen LogP contribution in [0.2, 0.25) is 0 Å². The maximum Gasteiger partial charge on any atom is 0.383 e. The van der Waals surface area contributed by atoms with E-state index in [9.17, 15) is 27.2 Å². The van der Waals surface area contributed by atoms with Crippen molar-refractivity contribution in [1.82, 2.24) is 10.2 Å². The molecule has 0 unspecified atom stereocenters. The molecule has 0 aromatic heterocycles. The molecule has 0 spiro atoms. The lowest BCUT2D eigenvalue weighted by molar-refractivity contribution is -0.169. The number of nitrogens with one attached hydrogen (secondary N) is 1. The molecule has 2 amide bonds. The highest BCUT2D eigenvalue weighted by Gasteiger charge is 2.48. The molecule has 0 radical (unpaired) electrons. The molecule has 1 N–H and O–H groups in total. The number of alkyl halides is 4. The predicted molar refractivity (Wildman–Crippen MR) is 47.3 cm³/mol. The fraction of sp³-hybridized carbons (Fsp3) is 0.750. The Morgan fingerprint density at radius 3 is 2.25 bits per heavy atom. The summed E-state index contributed by atoms with van der Waals surface area (Å²) in [6, 6.07) is 0. The van der Waals surface area contributed by atoms with E-state index in [1.165, 1.54) is 12.4 Å². The topological polar surface area (TPSA) is 49.4 Å². The van der Waals surface area contributed by atoms with E-state index in [0.717, 1.165) is 4.90 Å². The normalized spacial score (nSPS) is 11.4. The minimum absolute atomic E-state index is 0.319. The molecule has 94 valence electrons. The summed E-state index contributed by atoms with van der Waals surface area (Å²) in [6.07, 6.45) is -4.09. The quantitative estimate of drug-likeness (QED) is 0.715. The Hall–Kier alpha value is -1.34. The van der Waals surface area contributed by atoms with Gasteiger partial charge in [0.05, 0.1) is 6.54 Å². The smallest absolute Gasteiger partial charge is 0.345 e. The monoisotopic (exact) mass is 244 g/mol. The molecule has 0 aliphatic rings. The molecule has 16 heavy (non-hydrogen) atoms. The van der Waals surface area contributed by atoms with Crippen molar-refractivity contribution < 1.29 is 27.2 Å². The van der Waals surface area contributed by atoms with E-state index in [4.69, 9.17) is 0 Å². The van der Waals surface area contributed by atoms with Crippen LogP contribution in [-0.4, -0.2) is 49.2 Å². The van der Waals surface area contributed by atoms with Crippen LogP contribution in [0.25, 0.3) is 0 Å². The maximum absolute atomic E-state index is 12.4. The molecular weight excluding hydrogens is 232 g/mol. The molecule has 0 saturated heterocycles. The zero-order valence-corrected chi connectivity index (χ0v) is 8.77. The average Bonchev–Trinajstić information content (AvgIpc) is 2.23. The summed E-state index contributed by atoms with van der Waals surface area (Å²) in [6.45, 7) is 1.22. The zero-order valence-electron chi connectivity index (χ0n) is 8.77. The SMILES string of the molecule is CCN(C)C(=O)CNC(=O)C(F)(F)C(F)F. The van der Waals surface area contributed by atoms with Crippen molar-refractivity contribution in [2.24, 2.45) is 0 Å². The second kappa shape index (κ2) is 5.66. The van der Waals surface area contributed by atoms with Gasteiger partial charge in [0.15, 0.2) is 0 Å². The lowest BCUT2D eigenvalue weighted by Crippen LogP contribution is -2.48. The Morgan fingerprint density at radius 1 is 1.38 bits per heavy atom. The van der Waals surface area contributed by atoms with Crippen LogP contribution >= 0.6 is 0 Å². The van der Waals surface area contributed by atoms with Crippen molar-refractivity contribution >= 4 is 11.8 Å². The summed E-state index contributed by atoms with van der Waals surface area (Å²) >= 11 is 0. The molecule has 0 saturated carbocycles. The number of nitrogens with zero attached hydrogens (tertiary/aromatic N) is 1. The van der Waals surface area contributed by atoms with E-state index in [1.54, 1.807) is 6.92 Å². The Kier molecular flexibility index (Phi) is 5.19. The van der Waals surface area contributed by atoms with Crippen LogP contribution < -0.4 is 5.32 Å². The van der Waals surface area contributed by atoms with E-state index in [1.807, 2.05) is 0 Å². The molecule has 0 aromatic carbocycles. The molecule has 0 atom stereocenters. The van der Waals surface area contributed by atoms with Gasteiger partial charge in [0, 0.05) is 13.6 Å². The van der Waals surface area contributed by atoms with Crippen molar-refractivity contribution in [3.05, 3.63) is 0 Å². The van der Waals surface area contributed by atoms with E-state index >= 15 is 0 Å². The van der Waals surface area contributed by atoms with E-state index in [-0.39, 0.29) is 0 Å². The first-order valence-corrected chi connectivity index (χ1v) is 4.41. The molecule has 0 aromatic rings. The fourth-order valence-electron chi connectivity index (χ4n) is 0.684. The van der Waals surface area contributed by atoms with Gasteiger partial charge in [0.2, 0.25) is 5.91 Å². The van der Waals surface area contributed by atoms with Crippen LogP contribution in [0.4, 0.5) is 17.6 Å². The number of rotatable bonds is 5. The Morgan fingerprint density at radius 2 is 1.88 bits per heavy atom. The van der Waals surface area contributed by atoms with Gasteiger partial charge in [-0.25, -0.2) is 8.78 Å². The third-order valence-electron chi connectivity index (χ3n) is 1.88. The van der Waals surface area contributed by atoms with Crippen LogP contribution in [0.1, 0.15) is 6.92 Å². The first-order valence-electron chi connectivity index (χ1n) is 4.41.